The monoisotopic (exact) mass is 440 g/mol. The number of hydrogen-bond donors (Lipinski definition) is 0. The Hall–Kier alpha value is -1.98. The molecular weight excluding hydrogens is 416 g/mol. The topological polar surface area (TPSA) is 40.6 Å². The summed E-state index contributed by atoms with van der Waals surface area (Å²) in [5, 5.41) is 0.586. The highest BCUT2D eigenvalue weighted by molar-refractivity contribution is 8.02. The Morgan fingerprint density at radius 1 is 1.20 bits per heavy atom. The molecule has 2 aromatic carbocycles. The van der Waals surface area contributed by atoms with E-state index in [0.717, 1.165) is 35.2 Å². The van der Waals surface area contributed by atoms with Crippen LogP contribution in [0.25, 0.3) is 0 Å². The number of carbonyl (C=O) groups is 2. The number of hydrogen-bond acceptors (Lipinski definition) is 3. The second-order valence-electron chi connectivity index (χ2n) is 9.18. The van der Waals surface area contributed by atoms with Gasteiger partial charge in [0.1, 0.15) is 0 Å². The summed E-state index contributed by atoms with van der Waals surface area (Å²) in [7, 11) is 0. The number of anilines is 1. The molecule has 2 aromatic rings. The third-order valence-corrected chi connectivity index (χ3v) is 8.10. The normalized spacial score (nSPS) is 24.6. The molecule has 1 atom stereocenters. The lowest BCUT2D eigenvalue weighted by atomic mass is 10.0. The van der Waals surface area contributed by atoms with Gasteiger partial charge in [0.05, 0.1) is 12.2 Å². The predicted molar refractivity (Wildman–Crippen MR) is 122 cm³/mol. The van der Waals surface area contributed by atoms with Gasteiger partial charge in [0.25, 0.3) is 5.91 Å². The number of thioether (sulfide) groups is 1. The van der Waals surface area contributed by atoms with Crippen LogP contribution >= 0.6 is 23.4 Å². The zero-order valence-corrected chi connectivity index (χ0v) is 19.0. The van der Waals surface area contributed by atoms with Gasteiger partial charge in [-0.2, -0.15) is 0 Å². The van der Waals surface area contributed by atoms with E-state index in [2.05, 4.69) is 32.9 Å². The summed E-state index contributed by atoms with van der Waals surface area (Å²) in [5.41, 5.74) is 3.95. The fourth-order valence-electron chi connectivity index (χ4n) is 4.66. The van der Waals surface area contributed by atoms with Crippen molar-refractivity contribution < 1.29 is 9.59 Å². The molecule has 3 aliphatic rings. The van der Waals surface area contributed by atoms with Crippen molar-refractivity contribution in [2.75, 3.05) is 11.4 Å². The molecule has 30 heavy (non-hydrogen) atoms. The minimum atomic E-state index is -1.04. The molecule has 4 nitrogen and oxygen atoms in total. The van der Waals surface area contributed by atoms with Crippen LogP contribution in [-0.2, 0) is 21.0 Å². The maximum Gasteiger partial charge on any atom is 0.268 e. The van der Waals surface area contributed by atoms with E-state index in [9.17, 15) is 9.59 Å². The first-order valence-corrected chi connectivity index (χ1v) is 11.6. The van der Waals surface area contributed by atoms with Crippen LogP contribution in [0.5, 0.6) is 0 Å². The SMILES string of the molecule is Cc1ccccc1CN1C(=O)[C@]2(SC(C)(C)CN2C(=O)C2CC2)c2cc(Cl)ccc21. The average molecular weight is 441 g/mol. The Kier molecular flexibility index (Phi) is 4.50. The minimum absolute atomic E-state index is 0.0346. The predicted octanol–water partition coefficient (Wildman–Crippen LogP) is 5.11. The van der Waals surface area contributed by atoms with Gasteiger partial charge in [-0.25, -0.2) is 0 Å². The quantitative estimate of drug-likeness (QED) is 0.665. The molecule has 1 saturated heterocycles. The fraction of sp³-hybridized carbons (Fsp3) is 0.417. The highest BCUT2D eigenvalue weighted by Crippen LogP contribution is 2.61. The van der Waals surface area contributed by atoms with Crippen LogP contribution in [0.2, 0.25) is 5.02 Å². The number of nitrogens with zero attached hydrogens (tertiary/aromatic N) is 2. The number of amides is 2. The van der Waals surface area contributed by atoms with Crippen molar-refractivity contribution in [1.82, 2.24) is 4.90 Å². The van der Waals surface area contributed by atoms with Gasteiger partial charge in [0, 0.05) is 27.8 Å². The molecule has 1 saturated carbocycles. The summed E-state index contributed by atoms with van der Waals surface area (Å²) in [6.07, 6.45) is 1.83. The molecule has 0 aromatic heterocycles. The molecule has 6 heteroatoms. The molecule has 0 N–H and O–H groups in total. The Bertz CT molecular complexity index is 1060. The summed E-state index contributed by atoms with van der Waals surface area (Å²) >= 11 is 7.99. The lowest BCUT2D eigenvalue weighted by Gasteiger charge is -2.33. The van der Waals surface area contributed by atoms with Gasteiger partial charge in [-0.05, 0) is 62.9 Å². The first-order chi connectivity index (χ1) is 14.2. The third-order valence-electron chi connectivity index (χ3n) is 6.27. The van der Waals surface area contributed by atoms with E-state index >= 15 is 0 Å². The second-order valence-corrected chi connectivity index (χ2v) is 11.5. The van der Waals surface area contributed by atoms with Crippen molar-refractivity contribution in [2.24, 2.45) is 5.92 Å². The molecular formula is C24H25ClN2O2S. The number of aryl methyl sites for hydroxylation is 1. The Balaban J connectivity index is 1.65. The van der Waals surface area contributed by atoms with E-state index in [0.29, 0.717) is 18.1 Å². The zero-order chi connectivity index (χ0) is 21.3. The lowest BCUT2D eigenvalue weighted by molar-refractivity contribution is -0.141. The van der Waals surface area contributed by atoms with E-state index in [4.69, 9.17) is 11.6 Å². The number of rotatable bonds is 3. The van der Waals surface area contributed by atoms with Crippen LogP contribution in [0.1, 0.15) is 43.4 Å². The van der Waals surface area contributed by atoms with E-state index in [1.807, 2.05) is 40.1 Å². The minimum Gasteiger partial charge on any atom is -0.314 e. The second kappa shape index (κ2) is 6.76. The summed E-state index contributed by atoms with van der Waals surface area (Å²) in [6, 6.07) is 13.8. The van der Waals surface area contributed by atoms with E-state index in [1.54, 1.807) is 11.8 Å². The third kappa shape index (κ3) is 2.97. The van der Waals surface area contributed by atoms with Crippen LogP contribution in [0.3, 0.4) is 0 Å². The zero-order valence-electron chi connectivity index (χ0n) is 17.4. The van der Waals surface area contributed by atoms with E-state index in [1.165, 1.54) is 0 Å². The van der Waals surface area contributed by atoms with Crippen molar-refractivity contribution in [2.45, 2.75) is 49.8 Å². The molecule has 2 aliphatic heterocycles. The first kappa shape index (κ1) is 20.0. The van der Waals surface area contributed by atoms with Gasteiger partial charge in [0.15, 0.2) is 4.87 Å². The molecule has 156 valence electrons. The molecule has 0 radical (unpaired) electrons. The smallest absolute Gasteiger partial charge is 0.268 e. The maximum atomic E-state index is 14.1. The molecule has 0 unspecified atom stereocenters. The van der Waals surface area contributed by atoms with Crippen molar-refractivity contribution in [3.8, 4) is 0 Å². The van der Waals surface area contributed by atoms with Crippen LogP contribution < -0.4 is 4.90 Å². The van der Waals surface area contributed by atoms with Crippen molar-refractivity contribution in [3.63, 3.8) is 0 Å². The van der Waals surface area contributed by atoms with Crippen molar-refractivity contribution in [1.29, 1.82) is 0 Å². The molecule has 1 spiro atoms. The largest absolute Gasteiger partial charge is 0.314 e. The molecule has 1 aliphatic carbocycles. The van der Waals surface area contributed by atoms with E-state index < -0.39 is 4.87 Å². The highest BCUT2D eigenvalue weighted by atomic mass is 35.5. The standard InChI is InChI=1S/C24H25ClN2O2S/c1-15-6-4-5-7-17(15)13-26-20-11-10-18(25)12-19(20)24(22(26)29)27(14-23(2,3)30-24)21(28)16-8-9-16/h4-7,10-12,16H,8-9,13-14H2,1-3H3/t24-/m1/s1. The summed E-state index contributed by atoms with van der Waals surface area (Å²) in [5.74, 6) is 0.120. The number of carbonyl (C=O) groups excluding carboxylic acids is 2. The van der Waals surface area contributed by atoms with E-state index in [-0.39, 0.29) is 22.5 Å². The average Bonchev–Trinajstić information content (AvgIpc) is 3.47. The van der Waals surface area contributed by atoms with Gasteiger partial charge in [0.2, 0.25) is 5.91 Å². The van der Waals surface area contributed by atoms with Gasteiger partial charge in [-0.3, -0.25) is 9.59 Å². The van der Waals surface area contributed by atoms with Crippen LogP contribution in [0, 0.1) is 12.8 Å². The summed E-state index contributed by atoms with van der Waals surface area (Å²) in [6.45, 7) is 7.32. The maximum absolute atomic E-state index is 14.1. The summed E-state index contributed by atoms with van der Waals surface area (Å²) in [4.78, 5) is 30.1. The summed E-state index contributed by atoms with van der Waals surface area (Å²) < 4.78 is -0.224. The molecule has 2 heterocycles. The molecule has 5 rings (SSSR count). The molecule has 0 bridgehead atoms. The van der Waals surface area contributed by atoms with Gasteiger partial charge in [-0.15, -0.1) is 11.8 Å². The Morgan fingerprint density at radius 2 is 1.93 bits per heavy atom. The number of halogens is 1. The molecule has 2 amide bonds. The van der Waals surface area contributed by atoms with Gasteiger partial charge in [-0.1, -0.05) is 35.9 Å². The fourth-order valence-corrected chi connectivity index (χ4v) is 6.56. The number of benzene rings is 2. The Morgan fingerprint density at radius 3 is 2.63 bits per heavy atom. The Labute approximate surface area is 186 Å². The van der Waals surface area contributed by atoms with Crippen LogP contribution in [0.15, 0.2) is 42.5 Å². The number of fused-ring (bicyclic) bond motifs is 2. The van der Waals surface area contributed by atoms with Gasteiger partial charge < -0.3 is 9.80 Å². The van der Waals surface area contributed by atoms with Crippen molar-refractivity contribution >= 4 is 40.9 Å². The van der Waals surface area contributed by atoms with Crippen LogP contribution in [0.4, 0.5) is 5.69 Å². The highest BCUT2D eigenvalue weighted by Gasteiger charge is 2.64. The first-order valence-electron chi connectivity index (χ1n) is 10.4. The van der Waals surface area contributed by atoms with Gasteiger partial charge >= 0.3 is 0 Å². The van der Waals surface area contributed by atoms with Crippen LogP contribution in [-0.4, -0.2) is 28.0 Å². The lowest BCUT2D eigenvalue weighted by Crippen LogP contribution is -2.50. The van der Waals surface area contributed by atoms with Crippen molar-refractivity contribution in [3.05, 3.63) is 64.2 Å². The molecule has 2 fully saturated rings.